The molecule has 1 fully saturated rings. The van der Waals surface area contributed by atoms with Crippen molar-refractivity contribution in [1.82, 2.24) is 14.9 Å². The van der Waals surface area contributed by atoms with Crippen LogP contribution >= 0.6 is 0 Å². The Kier molecular flexibility index (Phi) is 3.33. The second-order valence-electron chi connectivity index (χ2n) is 5.83. The molecule has 1 amide bonds. The van der Waals surface area contributed by atoms with Crippen molar-refractivity contribution in [2.45, 2.75) is 18.9 Å². The topological polar surface area (TPSA) is 49.0 Å². The molecular weight excluding hydrogens is 293 g/mol. The van der Waals surface area contributed by atoms with E-state index in [4.69, 9.17) is 0 Å². The second-order valence-corrected chi connectivity index (χ2v) is 5.83. The van der Waals surface area contributed by atoms with Crippen LogP contribution in [0, 0.1) is 5.82 Å². The number of aromatic amines is 1. The molecule has 0 saturated carbocycles. The number of pyridine rings is 1. The summed E-state index contributed by atoms with van der Waals surface area (Å²) in [6.07, 6.45) is 3.58. The fraction of sp³-hybridized carbons (Fsp3) is 0.222. The van der Waals surface area contributed by atoms with E-state index in [0.717, 1.165) is 29.6 Å². The molecule has 0 aliphatic carbocycles. The lowest BCUT2D eigenvalue weighted by Crippen LogP contribution is -2.30. The Morgan fingerprint density at radius 1 is 1.26 bits per heavy atom. The highest BCUT2D eigenvalue weighted by atomic mass is 19.1. The fourth-order valence-electron chi connectivity index (χ4n) is 3.28. The molecule has 0 unspecified atom stereocenters. The van der Waals surface area contributed by atoms with Crippen LogP contribution in [0.1, 0.15) is 34.9 Å². The van der Waals surface area contributed by atoms with Gasteiger partial charge < -0.3 is 9.88 Å². The van der Waals surface area contributed by atoms with Crippen LogP contribution in [0.4, 0.5) is 4.39 Å². The zero-order chi connectivity index (χ0) is 15.8. The third-order valence-corrected chi connectivity index (χ3v) is 4.36. The number of likely N-dealkylation sites (tertiary alicyclic amines) is 1. The maximum atomic E-state index is 13.4. The molecule has 5 heteroatoms. The first-order valence-corrected chi connectivity index (χ1v) is 7.72. The highest BCUT2D eigenvalue weighted by Crippen LogP contribution is 2.33. The number of rotatable bonds is 2. The van der Waals surface area contributed by atoms with Crippen molar-refractivity contribution in [1.29, 1.82) is 0 Å². The zero-order valence-electron chi connectivity index (χ0n) is 12.5. The molecular formula is C18H16FN3O. The molecule has 0 bridgehead atoms. The predicted molar refractivity (Wildman–Crippen MR) is 85.5 cm³/mol. The molecule has 1 aromatic carbocycles. The monoisotopic (exact) mass is 309 g/mol. The maximum Gasteiger partial charge on any atom is 0.254 e. The Morgan fingerprint density at radius 3 is 3.00 bits per heavy atom. The standard InChI is InChI=1S/C18H16FN3O/c19-14-6-1-4-13(10-14)18(23)22-9-3-7-16(22)15-11-12-5-2-8-20-17(12)21-15/h1-2,4-6,8,10-11,16H,3,7,9H2,(H,20,21)/t16-/m1/s1. The van der Waals surface area contributed by atoms with Crippen molar-refractivity contribution in [2.24, 2.45) is 0 Å². The number of aromatic nitrogens is 2. The van der Waals surface area contributed by atoms with Crippen molar-refractivity contribution in [2.75, 3.05) is 6.54 Å². The number of benzene rings is 1. The van der Waals surface area contributed by atoms with Gasteiger partial charge in [0, 0.05) is 29.4 Å². The van der Waals surface area contributed by atoms with Gasteiger partial charge in [0.2, 0.25) is 0 Å². The Labute approximate surface area is 133 Å². The quantitative estimate of drug-likeness (QED) is 0.785. The first-order chi connectivity index (χ1) is 11.2. The molecule has 116 valence electrons. The Morgan fingerprint density at radius 2 is 2.17 bits per heavy atom. The molecule has 4 rings (SSSR count). The lowest BCUT2D eigenvalue weighted by Gasteiger charge is -2.24. The summed E-state index contributed by atoms with van der Waals surface area (Å²) >= 11 is 0. The minimum absolute atomic E-state index is 0.0139. The highest BCUT2D eigenvalue weighted by molar-refractivity contribution is 5.94. The summed E-state index contributed by atoms with van der Waals surface area (Å²) in [6.45, 7) is 0.683. The minimum atomic E-state index is -0.388. The van der Waals surface area contributed by atoms with E-state index in [1.165, 1.54) is 12.1 Å². The molecule has 1 aliphatic rings. The lowest BCUT2D eigenvalue weighted by molar-refractivity contribution is 0.0733. The number of halogens is 1. The molecule has 2 aromatic heterocycles. The summed E-state index contributed by atoms with van der Waals surface area (Å²) in [6, 6.07) is 11.8. The van der Waals surface area contributed by atoms with E-state index in [0.29, 0.717) is 12.1 Å². The summed E-state index contributed by atoms with van der Waals surface area (Å²) in [5.74, 6) is -0.514. The van der Waals surface area contributed by atoms with Crippen molar-refractivity contribution in [3.8, 4) is 0 Å². The van der Waals surface area contributed by atoms with Crippen LogP contribution in [0.15, 0.2) is 48.7 Å². The molecule has 4 nitrogen and oxygen atoms in total. The van der Waals surface area contributed by atoms with E-state index < -0.39 is 0 Å². The van der Waals surface area contributed by atoms with Crippen molar-refractivity contribution in [3.05, 3.63) is 65.7 Å². The summed E-state index contributed by atoms with van der Waals surface area (Å²) in [5.41, 5.74) is 2.21. The van der Waals surface area contributed by atoms with Gasteiger partial charge in [-0.25, -0.2) is 9.37 Å². The molecule has 0 radical (unpaired) electrons. The Bertz CT molecular complexity index is 840. The van der Waals surface area contributed by atoms with E-state index in [2.05, 4.69) is 9.97 Å². The number of hydrogen-bond donors (Lipinski definition) is 1. The maximum absolute atomic E-state index is 13.4. The largest absolute Gasteiger partial charge is 0.341 e. The zero-order valence-corrected chi connectivity index (χ0v) is 12.5. The number of carbonyl (C=O) groups excluding carboxylic acids is 1. The molecule has 1 N–H and O–H groups in total. The van der Waals surface area contributed by atoms with E-state index in [1.807, 2.05) is 23.1 Å². The molecule has 0 spiro atoms. The number of nitrogens with one attached hydrogen (secondary N) is 1. The smallest absolute Gasteiger partial charge is 0.254 e. The average Bonchev–Trinajstić information content (AvgIpc) is 3.20. The summed E-state index contributed by atoms with van der Waals surface area (Å²) in [5, 5.41) is 1.03. The van der Waals surface area contributed by atoms with E-state index in [1.54, 1.807) is 18.3 Å². The third-order valence-electron chi connectivity index (χ3n) is 4.36. The summed E-state index contributed by atoms with van der Waals surface area (Å²) in [4.78, 5) is 22.2. The Balaban J connectivity index is 1.67. The van der Waals surface area contributed by atoms with Crippen LogP contribution in [-0.4, -0.2) is 27.3 Å². The number of nitrogens with zero attached hydrogens (tertiary/aromatic N) is 2. The third kappa shape index (κ3) is 2.48. The van der Waals surface area contributed by atoms with E-state index in [9.17, 15) is 9.18 Å². The molecule has 3 aromatic rings. The predicted octanol–water partition coefficient (Wildman–Crippen LogP) is 3.68. The first kappa shape index (κ1) is 13.9. The summed E-state index contributed by atoms with van der Waals surface area (Å²) in [7, 11) is 0. The summed E-state index contributed by atoms with van der Waals surface area (Å²) < 4.78 is 13.4. The van der Waals surface area contributed by atoms with Gasteiger partial charge in [-0.15, -0.1) is 0 Å². The van der Waals surface area contributed by atoms with Crippen LogP contribution in [0.2, 0.25) is 0 Å². The van der Waals surface area contributed by atoms with Gasteiger partial charge in [0.05, 0.1) is 6.04 Å². The van der Waals surface area contributed by atoms with Crippen molar-refractivity contribution < 1.29 is 9.18 Å². The number of fused-ring (bicyclic) bond motifs is 1. The van der Waals surface area contributed by atoms with Gasteiger partial charge in [0.1, 0.15) is 11.5 Å². The van der Waals surface area contributed by atoms with Gasteiger partial charge in [0.25, 0.3) is 5.91 Å². The van der Waals surface area contributed by atoms with Gasteiger partial charge >= 0.3 is 0 Å². The van der Waals surface area contributed by atoms with Crippen LogP contribution in [0.25, 0.3) is 11.0 Å². The van der Waals surface area contributed by atoms with Gasteiger partial charge in [0.15, 0.2) is 0 Å². The molecule has 1 atom stereocenters. The second kappa shape index (κ2) is 5.50. The van der Waals surface area contributed by atoms with Crippen LogP contribution in [-0.2, 0) is 0 Å². The number of H-pyrrole nitrogens is 1. The molecule has 1 saturated heterocycles. The minimum Gasteiger partial charge on any atom is -0.341 e. The van der Waals surface area contributed by atoms with Crippen LogP contribution in [0.5, 0.6) is 0 Å². The molecule has 1 aliphatic heterocycles. The van der Waals surface area contributed by atoms with Crippen LogP contribution < -0.4 is 0 Å². The number of hydrogen-bond acceptors (Lipinski definition) is 2. The van der Waals surface area contributed by atoms with Gasteiger partial charge in [-0.2, -0.15) is 0 Å². The van der Waals surface area contributed by atoms with Gasteiger partial charge in [-0.1, -0.05) is 6.07 Å². The SMILES string of the molecule is O=C(c1cccc(F)c1)N1CCC[C@@H]1c1cc2cccnc2[nH]1. The first-order valence-electron chi connectivity index (χ1n) is 7.72. The normalized spacial score (nSPS) is 17.8. The van der Waals surface area contributed by atoms with Gasteiger partial charge in [-0.3, -0.25) is 4.79 Å². The van der Waals surface area contributed by atoms with Crippen molar-refractivity contribution >= 4 is 16.9 Å². The average molecular weight is 309 g/mol. The lowest BCUT2D eigenvalue weighted by atomic mass is 10.1. The molecule has 3 heterocycles. The number of amides is 1. The van der Waals surface area contributed by atoms with Crippen molar-refractivity contribution in [3.63, 3.8) is 0 Å². The number of carbonyl (C=O) groups is 1. The Hall–Kier alpha value is -2.69. The van der Waals surface area contributed by atoms with E-state index in [-0.39, 0.29) is 17.8 Å². The van der Waals surface area contributed by atoms with E-state index >= 15 is 0 Å². The fourth-order valence-corrected chi connectivity index (χ4v) is 3.28. The highest BCUT2D eigenvalue weighted by Gasteiger charge is 2.31. The van der Waals surface area contributed by atoms with Crippen LogP contribution in [0.3, 0.4) is 0 Å². The van der Waals surface area contributed by atoms with Gasteiger partial charge in [-0.05, 0) is 49.2 Å². The molecule has 23 heavy (non-hydrogen) atoms.